The number of nitrogens with two attached hydrogens (primary N) is 1. The van der Waals surface area contributed by atoms with Crippen molar-refractivity contribution in [2.75, 3.05) is 6.54 Å². The van der Waals surface area contributed by atoms with Gasteiger partial charge in [0.2, 0.25) is 0 Å². The van der Waals surface area contributed by atoms with E-state index in [1.807, 2.05) is 0 Å². The van der Waals surface area contributed by atoms with E-state index in [1.165, 1.54) is 103 Å². The Balaban J connectivity index is -0.00000162. The van der Waals surface area contributed by atoms with Gasteiger partial charge in [-0.15, -0.1) is 0 Å². The molecule has 0 aromatic heterocycles. The predicted octanol–water partition coefficient (Wildman–Crippen LogP) is 0.215. The van der Waals surface area contributed by atoms with Crippen molar-refractivity contribution in [3.8, 4) is 0 Å². The third kappa shape index (κ3) is 26.4. The number of hydrogen-bond acceptors (Lipinski definition) is 1. The van der Waals surface area contributed by atoms with Gasteiger partial charge in [-0.1, -0.05) is 103 Å². The molecule has 0 saturated carbocycles. The van der Waals surface area contributed by atoms with Gasteiger partial charge >= 0.3 is 37.7 Å². The Hall–Kier alpha value is 1.15. The van der Waals surface area contributed by atoms with Gasteiger partial charge < -0.3 is 5.73 Å². The van der Waals surface area contributed by atoms with E-state index >= 15 is 0 Å². The van der Waals surface area contributed by atoms with Gasteiger partial charge in [-0.25, -0.2) is 0 Å². The van der Waals surface area contributed by atoms with Crippen LogP contribution < -0.4 is 43.5 Å². The molecule has 0 amide bonds. The van der Waals surface area contributed by atoms with Gasteiger partial charge in [0.1, 0.15) is 0 Å². The molecule has 0 aromatic rings. The van der Waals surface area contributed by atoms with Crippen LogP contribution in [-0.4, -0.2) is 6.54 Å². The topological polar surface area (TPSA) is 26.0 Å². The molecule has 0 aliphatic heterocycles. The summed E-state index contributed by atoms with van der Waals surface area (Å²) >= 11 is 0. The molecule has 3 heteroatoms. The average molecular weight is 283 g/mol. The second-order valence-electron chi connectivity index (χ2n) is 6.09. The van der Waals surface area contributed by atoms with E-state index in [4.69, 9.17) is 5.73 Å². The van der Waals surface area contributed by atoms with Crippen LogP contribution >= 0.6 is 0 Å². The number of hydrogen-bond donors (Lipinski definition) is 1. The molecule has 0 radical (unpaired) electrons. The van der Waals surface area contributed by atoms with Gasteiger partial charge in [0.05, 0.1) is 0 Å². The summed E-state index contributed by atoms with van der Waals surface area (Å²) in [6.45, 7) is 3.16. The smallest absolute Gasteiger partial charge is 0.330 e. The van der Waals surface area contributed by atoms with Crippen molar-refractivity contribution < 1.29 is 37.7 Å². The Morgan fingerprint density at radius 3 is 0.905 bits per heavy atom. The molecule has 0 atom stereocenters. The zero-order valence-electron chi connectivity index (χ0n) is 15.6. The van der Waals surface area contributed by atoms with Crippen molar-refractivity contribution in [2.24, 2.45) is 5.73 Å². The standard InChI is InChI=1S/C18H39N.2Li/c1-2-3-4-5-6-7-8-9-10-11-12-13-14-15-16-17-18-19;;/h2-19H2,1H3;;/q;2*+1. The summed E-state index contributed by atoms with van der Waals surface area (Å²) in [4.78, 5) is 0. The molecule has 2 N–H and O–H groups in total. The fourth-order valence-corrected chi connectivity index (χ4v) is 2.69. The first-order valence-corrected chi connectivity index (χ1v) is 9.12. The van der Waals surface area contributed by atoms with E-state index in [9.17, 15) is 0 Å². The van der Waals surface area contributed by atoms with E-state index in [2.05, 4.69) is 6.92 Å². The minimum absolute atomic E-state index is 0. The van der Waals surface area contributed by atoms with E-state index in [0.29, 0.717) is 0 Å². The summed E-state index contributed by atoms with van der Waals surface area (Å²) in [7, 11) is 0. The Morgan fingerprint density at radius 2 is 0.667 bits per heavy atom. The summed E-state index contributed by atoms with van der Waals surface area (Å²) in [6, 6.07) is 0. The Labute approximate surface area is 159 Å². The molecule has 0 bridgehead atoms. The molecule has 116 valence electrons. The SMILES string of the molecule is CCCCCCCCCCCCCCCCCCN.[Li+].[Li+]. The second-order valence-corrected chi connectivity index (χ2v) is 6.09. The van der Waals surface area contributed by atoms with E-state index in [-0.39, 0.29) is 37.7 Å². The zero-order valence-corrected chi connectivity index (χ0v) is 15.6. The molecule has 21 heavy (non-hydrogen) atoms. The Bertz CT molecular complexity index is 138. The Kier molecular flexibility index (Phi) is 33.6. The maximum absolute atomic E-state index is 5.48. The molecule has 0 aliphatic carbocycles. The molecule has 0 heterocycles. The first-order chi connectivity index (χ1) is 9.41. The normalized spacial score (nSPS) is 10.0. The van der Waals surface area contributed by atoms with Crippen LogP contribution in [0.25, 0.3) is 0 Å². The largest absolute Gasteiger partial charge is 1.00 e. The summed E-state index contributed by atoms with van der Waals surface area (Å²) in [6.07, 6.45) is 22.9. The van der Waals surface area contributed by atoms with Crippen molar-refractivity contribution in [2.45, 2.75) is 110 Å². The predicted molar refractivity (Wildman–Crippen MR) is 88.6 cm³/mol. The summed E-state index contributed by atoms with van der Waals surface area (Å²) < 4.78 is 0. The van der Waals surface area contributed by atoms with Gasteiger partial charge in [0, 0.05) is 0 Å². The van der Waals surface area contributed by atoms with Crippen LogP contribution in [0.4, 0.5) is 0 Å². The van der Waals surface area contributed by atoms with Crippen molar-refractivity contribution in [1.82, 2.24) is 0 Å². The van der Waals surface area contributed by atoms with Gasteiger partial charge in [-0.3, -0.25) is 0 Å². The number of unbranched alkanes of at least 4 members (excludes halogenated alkanes) is 15. The molecular weight excluding hydrogens is 244 g/mol. The van der Waals surface area contributed by atoms with E-state index < -0.39 is 0 Å². The minimum atomic E-state index is 0. The third-order valence-corrected chi connectivity index (χ3v) is 4.06. The quantitative estimate of drug-likeness (QED) is 0.318. The van der Waals surface area contributed by atoms with Crippen LogP contribution in [-0.2, 0) is 0 Å². The van der Waals surface area contributed by atoms with Gasteiger partial charge in [0.15, 0.2) is 0 Å². The molecule has 0 fully saturated rings. The molecule has 0 rings (SSSR count). The van der Waals surface area contributed by atoms with Crippen LogP contribution in [0.15, 0.2) is 0 Å². The van der Waals surface area contributed by atoms with Gasteiger partial charge in [0.25, 0.3) is 0 Å². The molecule has 0 spiro atoms. The average Bonchev–Trinajstić information content (AvgIpc) is 2.43. The molecular formula is C18H39Li2N+2. The molecule has 1 nitrogen and oxygen atoms in total. The summed E-state index contributed by atoms with van der Waals surface area (Å²) in [5, 5.41) is 0. The van der Waals surface area contributed by atoms with Crippen molar-refractivity contribution in [3.63, 3.8) is 0 Å². The molecule has 0 unspecified atom stereocenters. The van der Waals surface area contributed by atoms with Crippen LogP contribution in [0.3, 0.4) is 0 Å². The Morgan fingerprint density at radius 1 is 0.429 bits per heavy atom. The molecule has 0 aliphatic rings. The van der Waals surface area contributed by atoms with Crippen LogP contribution in [0.2, 0.25) is 0 Å². The maximum Gasteiger partial charge on any atom is 1.00 e. The monoisotopic (exact) mass is 283 g/mol. The zero-order chi connectivity index (χ0) is 14.0. The van der Waals surface area contributed by atoms with Crippen molar-refractivity contribution >= 4 is 0 Å². The fourth-order valence-electron chi connectivity index (χ4n) is 2.69. The first kappa shape index (κ1) is 27.0. The van der Waals surface area contributed by atoms with Crippen molar-refractivity contribution in [3.05, 3.63) is 0 Å². The van der Waals surface area contributed by atoms with Crippen LogP contribution in [0.5, 0.6) is 0 Å². The van der Waals surface area contributed by atoms with E-state index in [1.54, 1.807) is 0 Å². The number of rotatable bonds is 16. The van der Waals surface area contributed by atoms with Crippen LogP contribution in [0, 0.1) is 0 Å². The third-order valence-electron chi connectivity index (χ3n) is 4.06. The summed E-state index contributed by atoms with van der Waals surface area (Å²) in [5.41, 5.74) is 5.48. The van der Waals surface area contributed by atoms with Crippen LogP contribution in [0.1, 0.15) is 110 Å². The summed E-state index contributed by atoms with van der Waals surface area (Å²) in [5.74, 6) is 0. The fraction of sp³-hybridized carbons (Fsp3) is 1.00. The van der Waals surface area contributed by atoms with Gasteiger partial charge in [-0.05, 0) is 13.0 Å². The molecule has 0 aromatic carbocycles. The second kappa shape index (κ2) is 26.1. The first-order valence-electron chi connectivity index (χ1n) is 9.12. The van der Waals surface area contributed by atoms with Gasteiger partial charge in [-0.2, -0.15) is 0 Å². The molecule has 0 saturated heterocycles. The van der Waals surface area contributed by atoms with Crippen molar-refractivity contribution in [1.29, 1.82) is 0 Å². The van der Waals surface area contributed by atoms with E-state index in [0.717, 1.165) is 6.54 Å². The maximum atomic E-state index is 5.48. The minimum Gasteiger partial charge on any atom is -0.330 e.